The smallest absolute Gasteiger partial charge is 0.478 e. The molecule has 1 aliphatic rings. The van der Waals surface area contributed by atoms with E-state index in [2.05, 4.69) is 10.6 Å². The highest BCUT2D eigenvalue weighted by atomic mass is 35.5. The van der Waals surface area contributed by atoms with Gasteiger partial charge in [0, 0.05) is 65.2 Å². The number of amides is 2. The molecule has 1 fully saturated rings. The third-order valence-electron chi connectivity index (χ3n) is 9.50. The van der Waals surface area contributed by atoms with Gasteiger partial charge in [0.25, 0.3) is 0 Å². The minimum Gasteiger partial charge on any atom is -0.478 e. The van der Waals surface area contributed by atoms with Crippen LogP contribution in [0.15, 0.2) is 72.8 Å². The Balaban J connectivity index is 1.28. The average Bonchev–Trinajstić information content (AvgIpc) is 3.19. The van der Waals surface area contributed by atoms with E-state index in [0.717, 1.165) is 28.5 Å². The molecule has 0 spiro atoms. The highest BCUT2D eigenvalue weighted by Crippen LogP contribution is 2.38. The standard InChI is InChI=1S/C39H45Cl2F3N6O6S/c40-29-10-5-26(6-11-29)38(27-7-12-30(41)13-8-27)28-9-14-33-32(24-28)34(47-31-15-19-50(20-16-31)57(53,54)39(42,43)44)25-37(48-33)56-21-3-1-2-4-35(51)46-18-23-55-22-17-36(52)49-45/h5-14,24-25,31,38H,1-4,15-23,45H2,(H,46,51)(H,47,48)(H,49,52). The molecule has 4 aromatic rings. The highest BCUT2D eigenvalue weighted by molar-refractivity contribution is 7.90. The maximum atomic E-state index is 13.3. The molecule has 5 rings (SSSR count). The molecule has 308 valence electrons. The summed E-state index contributed by atoms with van der Waals surface area (Å²) in [7, 11) is -5.43. The van der Waals surface area contributed by atoms with Gasteiger partial charge < -0.3 is 20.1 Å². The van der Waals surface area contributed by atoms with E-state index >= 15 is 0 Å². The van der Waals surface area contributed by atoms with Crippen molar-refractivity contribution in [3.8, 4) is 5.88 Å². The lowest BCUT2D eigenvalue weighted by molar-refractivity contribution is -0.123. The van der Waals surface area contributed by atoms with Crippen molar-refractivity contribution in [3.05, 3.63) is 99.5 Å². The Morgan fingerprint density at radius 1 is 0.842 bits per heavy atom. The first-order chi connectivity index (χ1) is 27.2. The maximum Gasteiger partial charge on any atom is 0.511 e. The van der Waals surface area contributed by atoms with Gasteiger partial charge >= 0.3 is 15.5 Å². The molecule has 0 radical (unpaired) electrons. The number of unbranched alkanes of at least 4 members (excludes halogenated alkanes) is 2. The van der Waals surface area contributed by atoms with E-state index < -0.39 is 15.5 Å². The summed E-state index contributed by atoms with van der Waals surface area (Å²) in [6.07, 6.45) is 2.78. The molecular formula is C39H45Cl2F3N6O6S. The second kappa shape index (κ2) is 20.5. The molecule has 5 N–H and O–H groups in total. The summed E-state index contributed by atoms with van der Waals surface area (Å²) in [4.78, 5) is 28.1. The summed E-state index contributed by atoms with van der Waals surface area (Å²) in [5.41, 5.74) is 0.816. The number of aromatic nitrogens is 1. The Labute approximate surface area is 339 Å². The fraction of sp³-hybridized carbons (Fsp3) is 0.410. The number of anilines is 1. The molecule has 1 aromatic heterocycles. The lowest BCUT2D eigenvalue weighted by Gasteiger charge is -2.32. The minimum atomic E-state index is -5.43. The van der Waals surface area contributed by atoms with E-state index in [1.54, 1.807) is 6.07 Å². The van der Waals surface area contributed by atoms with E-state index in [0.29, 0.717) is 63.8 Å². The van der Waals surface area contributed by atoms with Crippen LogP contribution in [0.5, 0.6) is 5.88 Å². The molecule has 0 saturated carbocycles. The number of halogens is 5. The Bertz CT molecular complexity index is 2020. The number of ether oxygens (including phenoxy) is 2. The van der Waals surface area contributed by atoms with E-state index in [4.69, 9.17) is 43.5 Å². The Morgan fingerprint density at radius 3 is 2.09 bits per heavy atom. The van der Waals surface area contributed by atoms with Gasteiger partial charge in [-0.3, -0.25) is 15.0 Å². The zero-order valence-corrected chi connectivity index (χ0v) is 33.3. The highest BCUT2D eigenvalue weighted by Gasteiger charge is 2.50. The van der Waals surface area contributed by atoms with Crippen LogP contribution in [0.25, 0.3) is 10.9 Å². The van der Waals surface area contributed by atoms with Crippen LogP contribution in [0.2, 0.25) is 10.0 Å². The van der Waals surface area contributed by atoms with Crippen molar-refractivity contribution in [2.75, 3.05) is 44.8 Å². The number of nitrogens with two attached hydrogens (primary N) is 1. The van der Waals surface area contributed by atoms with Crippen LogP contribution in [0, 0.1) is 0 Å². The van der Waals surface area contributed by atoms with E-state index in [1.165, 1.54) is 0 Å². The largest absolute Gasteiger partial charge is 0.511 e. The van der Waals surface area contributed by atoms with Gasteiger partial charge in [0.2, 0.25) is 17.7 Å². The van der Waals surface area contributed by atoms with Crippen LogP contribution >= 0.6 is 23.2 Å². The monoisotopic (exact) mass is 852 g/mol. The van der Waals surface area contributed by atoms with Gasteiger partial charge in [-0.05, 0) is 85.2 Å². The van der Waals surface area contributed by atoms with Crippen molar-refractivity contribution < 1.29 is 40.7 Å². The molecule has 12 nitrogen and oxygen atoms in total. The summed E-state index contributed by atoms with van der Waals surface area (Å²) in [5.74, 6) is 4.70. The molecule has 0 atom stereocenters. The van der Waals surface area contributed by atoms with Crippen LogP contribution in [-0.2, 0) is 24.3 Å². The van der Waals surface area contributed by atoms with E-state index in [9.17, 15) is 31.2 Å². The van der Waals surface area contributed by atoms with Crippen molar-refractivity contribution in [2.45, 2.75) is 62.4 Å². The summed E-state index contributed by atoms with van der Waals surface area (Å²) in [6.45, 7) is 0.562. The van der Waals surface area contributed by atoms with Crippen molar-refractivity contribution >= 4 is 61.6 Å². The van der Waals surface area contributed by atoms with Crippen molar-refractivity contribution in [1.29, 1.82) is 0 Å². The molecule has 0 aliphatic carbocycles. The summed E-state index contributed by atoms with van der Waals surface area (Å²) >= 11 is 12.5. The molecule has 1 saturated heterocycles. The number of fused-ring (bicyclic) bond motifs is 1. The number of benzene rings is 3. The second-order valence-electron chi connectivity index (χ2n) is 13.5. The number of carbonyl (C=O) groups is 2. The van der Waals surface area contributed by atoms with E-state index in [-0.39, 0.29) is 69.3 Å². The predicted octanol–water partition coefficient (Wildman–Crippen LogP) is 6.90. The molecular weight excluding hydrogens is 808 g/mol. The lowest BCUT2D eigenvalue weighted by Crippen LogP contribution is -2.47. The quantitative estimate of drug-likeness (QED) is 0.0258. The first kappa shape index (κ1) is 43.9. The Morgan fingerprint density at radius 2 is 1.47 bits per heavy atom. The number of nitrogens with zero attached hydrogens (tertiary/aromatic N) is 2. The number of hydrogen-bond acceptors (Lipinski definition) is 9. The fourth-order valence-electron chi connectivity index (χ4n) is 6.52. The number of alkyl halides is 3. The third kappa shape index (κ3) is 12.4. The van der Waals surface area contributed by atoms with Gasteiger partial charge in [-0.1, -0.05) is 53.5 Å². The Kier molecular flexibility index (Phi) is 15.8. The number of nitrogens with one attached hydrogen (secondary N) is 3. The SMILES string of the molecule is NNC(=O)CCOCCNC(=O)CCCCCOc1cc(NC2CCN(S(=O)(=O)C(F)(F)F)CC2)c2cc(C(c3ccc(Cl)cc3)c3ccc(Cl)cc3)ccc2n1. The molecule has 57 heavy (non-hydrogen) atoms. The average molecular weight is 854 g/mol. The van der Waals surface area contributed by atoms with Crippen molar-refractivity contribution in [3.63, 3.8) is 0 Å². The lowest BCUT2D eigenvalue weighted by atomic mass is 9.84. The topological polar surface area (TPSA) is 165 Å². The molecule has 0 unspecified atom stereocenters. The maximum absolute atomic E-state index is 13.3. The van der Waals surface area contributed by atoms with E-state index in [1.807, 2.05) is 72.2 Å². The Hall–Kier alpha value is -4.19. The molecule has 18 heteroatoms. The van der Waals surface area contributed by atoms with Crippen molar-refractivity contribution in [1.82, 2.24) is 20.0 Å². The van der Waals surface area contributed by atoms with Crippen LogP contribution in [0.3, 0.4) is 0 Å². The zero-order chi connectivity index (χ0) is 41.0. The predicted molar refractivity (Wildman–Crippen MR) is 214 cm³/mol. The number of hydrazine groups is 1. The number of sulfonamides is 1. The van der Waals surface area contributed by atoms with Gasteiger partial charge in [-0.15, -0.1) is 0 Å². The van der Waals surface area contributed by atoms with Gasteiger partial charge in [0.05, 0.1) is 31.8 Å². The third-order valence-corrected chi connectivity index (χ3v) is 11.6. The molecule has 3 aromatic carbocycles. The van der Waals surface area contributed by atoms with Crippen molar-refractivity contribution in [2.24, 2.45) is 5.84 Å². The van der Waals surface area contributed by atoms with Gasteiger partial charge in [0.15, 0.2) is 0 Å². The zero-order valence-electron chi connectivity index (χ0n) is 31.0. The first-order valence-electron chi connectivity index (χ1n) is 18.5. The molecule has 0 bridgehead atoms. The molecule has 2 heterocycles. The minimum absolute atomic E-state index is 0.110. The summed E-state index contributed by atoms with van der Waals surface area (Å²) < 4.78 is 75.8. The number of hydrogen-bond donors (Lipinski definition) is 4. The fourth-order valence-corrected chi connectivity index (χ4v) is 7.75. The van der Waals surface area contributed by atoms with Crippen LogP contribution in [-0.4, -0.2) is 80.5 Å². The number of piperidine rings is 1. The van der Waals surface area contributed by atoms with Crippen LogP contribution in [0.1, 0.15) is 67.6 Å². The van der Waals surface area contributed by atoms with Gasteiger partial charge in [0.1, 0.15) is 0 Å². The van der Waals surface area contributed by atoms with Gasteiger partial charge in [-0.25, -0.2) is 19.2 Å². The molecule has 2 amide bonds. The van der Waals surface area contributed by atoms with Gasteiger partial charge in [-0.2, -0.15) is 17.5 Å². The number of rotatable bonds is 19. The normalized spacial score (nSPS) is 14.2. The second-order valence-corrected chi connectivity index (χ2v) is 16.3. The number of pyridine rings is 1. The van der Waals surface area contributed by atoms with Crippen LogP contribution in [0.4, 0.5) is 18.9 Å². The summed E-state index contributed by atoms with van der Waals surface area (Å²) in [5, 5.41) is 8.18. The first-order valence-corrected chi connectivity index (χ1v) is 20.7. The summed E-state index contributed by atoms with van der Waals surface area (Å²) in [6, 6.07) is 22.5. The van der Waals surface area contributed by atoms with Crippen LogP contribution < -0.4 is 26.6 Å². The molecule has 1 aliphatic heterocycles. The number of carbonyl (C=O) groups excluding carboxylic acids is 2.